The van der Waals surface area contributed by atoms with E-state index in [1.165, 1.54) is 21.0 Å². The number of ether oxygens (including phenoxy) is 2. The first kappa shape index (κ1) is 19.4. The highest BCUT2D eigenvalue weighted by molar-refractivity contribution is 5.89. The Morgan fingerprint density at radius 1 is 1.12 bits per heavy atom. The van der Waals surface area contributed by atoms with Crippen LogP contribution in [0.1, 0.15) is 19.4 Å². The molecule has 0 unspecified atom stereocenters. The molecule has 0 aliphatic rings. The van der Waals surface area contributed by atoms with Crippen LogP contribution in [0.15, 0.2) is 30.3 Å². The average Bonchev–Trinajstić information content (AvgIpc) is 2.57. The number of amides is 2. The van der Waals surface area contributed by atoms with E-state index in [0.717, 1.165) is 5.56 Å². The molecule has 0 aromatic heterocycles. The lowest BCUT2D eigenvalue weighted by Crippen LogP contribution is -2.55. The SMILES string of the molecule is COC(=O)[C@H](C)NC(=O)[C@H](NC(=O)OCc1ccccc1)[C@H](C)O. The van der Waals surface area contributed by atoms with E-state index in [1.807, 2.05) is 6.07 Å². The smallest absolute Gasteiger partial charge is 0.408 e. The Hall–Kier alpha value is -2.61. The van der Waals surface area contributed by atoms with Crippen LogP contribution in [0.4, 0.5) is 4.79 Å². The second-order valence-corrected chi connectivity index (χ2v) is 5.18. The average molecular weight is 338 g/mol. The minimum Gasteiger partial charge on any atom is -0.467 e. The summed E-state index contributed by atoms with van der Waals surface area (Å²) in [4.78, 5) is 35.2. The third kappa shape index (κ3) is 6.25. The van der Waals surface area contributed by atoms with Gasteiger partial charge >= 0.3 is 12.1 Å². The van der Waals surface area contributed by atoms with E-state index in [4.69, 9.17) is 4.74 Å². The number of methoxy groups -OCH3 is 1. The summed E-state index contributed by atoms with van der Waals surface area (Å²) in [7, 11) is 1.19. The van der Waals surface area contributed by atoms with Gasteiger partial charge in [0, 0.05) is 0 Å². The van der Waals surface area contributed by atoms with Crippen LogP contribution < -0.4 is 10.6 Å². The van der Waals surface area contributed by atoms with Crippen molar-refractivity contribution in [1.29, 1.82) is 0 Å². The van der Waals surface area contributed by atoms with Gasteiger partial charge in [0.15, 0.2) is 0 Å². The molecule has 1 rings (SSSR count). The van der Waals surface area contributed by atoms with Crippen molar-refractivity contribution < 1.29 is 29.0 Å². The van der Waals surface area contributed by atoms with E-state index >= 15 is 0 Å². The molecule has 1 aromatic carbocycles. The van der Waals surface area contributed by atoms with Gasteiger partial charge in [-0.25, -0.2) is 9.59 Å². The van der Waals surface area contributed by atoms with Crippen molar-refractivity contribution in [1.82, 2.24) is 10.6 Å². The summed E-state index contributed by atoms with van der Waals surface area (Å²) in [6.45, 7) is 2.79. The van der Waals surface area contributed by atoms with Gasteiger partial charge in [-0.05, 0) is 19.4 Å². The lowest BCUT2D eigenvalue weighted by atomic mass is 10.1. The van der Waals surface area contributed by atoms with Gasteiger partial charge in [-0.15, -0.1) is 0 Å². The normalized spacial score (nSPS) is 14.0. The molecule has 0 spiro atoms. The van der Waals surface area contributed by atoms with Gasteiger partial charge in [0.05, 0.1) is 13.2 Å². The van der Waals surface area contributed by atoms with Crippen LogP contribution in [-0.2, 0) is 25.7 Å². The van der Waals surface area contributed by atoms with Crippen molar-refractivity contribution in [2.45, 2.75) is 38.6 Å². The van der Waals surface area contributed by atoms with E-state index < -0.39 is 36.2 Å². The fourth-order valence-electron chi connectivity index (χ4n) is 1.84. The van der Waals surface area contributed by atoms with Crippen LogP contribution in [0.3, 0.4) is 0 Å². The summed E-state index contributed by atoms with van der Waals surface area (Å²) in [5.41, 5.74) is 0.782. The summed E-state index contributed by atoms with van der Waals surface area (Å²) in [6.07, 6.45) is -2.04. The first-order valence-corrected chi connectivity index (χ1v) is 7.38. The Morgan fingerprint density at radius 2 is 1.75 bits per heavy atom. The Bertz CT molecular complexity index is 561. The predicted octanol–water partition coefficient (Wildman–Crippen LogP) is 0.340. The Balaban J connectivity index is 2.56. The first-order chi connectivity index (χ1) is 11.3. The highest BCUT2D eigenvalue weighted by atomic mass is 16.5. The Kier molecular flexibility index (Phi) is 7.70. The number of hydrogen-bond donors (Lipinski definition) is 3. The van der Waals surface area contributed by atoms with Gasteiger partial charge in [-0.1, -0.05) is 30.3 Å². The number of esters is 1. The van der Waals surface area contributed by atoms with Crippen molar-refractivity contribution >= 4 is 18.0 Å². The zero-order valence-corrected chi connectivity index (χ0v) is 13.8. The summed E-state index contributed by atoms with van der Waals surface area (Å²) in [6, 6.07) is 6.83. The summed E-state index contributed by atoms with van der Waals surface area (Å²) < 4.78 is 9.49. The van der Waals surface area contributed by atoms with E-state index in [2.05, 4.69) is 15.4 Å². The second kappa shape index (κ2) is 9.51. The highest BCUT2D eigenvalue weighted by Gasteiger charge is 2.28. The van der Waals surface area contributed by atoms with Crippen LogP contribution >= 0.6 is 0 Å². The molecule has 2 amide bonds. The molecule has 0 saturated carbocycles. The molecular weight excluding hydrogens is 316 g/mol. The van der Waals surface area contributed by atoms with E-state index in [1.54, 1.807) is 24.3 Å². The number of nitrogens with one attached hydrogen (secondary N) is 2. The number of carbonyl (C=O) groups is 3. The molecule has 3 atom stereocenters. The molecule has 0 radical (unpaired) electrons. The minimum atomic E-state index is -1.26. The molecule has 24 heavy (non-hydrogen) atoms. The van der Waals surface area contributed by atoms with Crippen LogP contribution in [0.2, 0.25) is 0 Å². The number of hydrogen-bond acceptors (Lipinski definition) is 6. The molecule has 3 N–H and O–H groups in total. The topological polar surface area (TPSA) is 114 Å². The van der Waals surface area contributed by atoms with E-state index in [-0.39, 0.29) is 6.61 Å². The lowest BCUT2D eigenvalue weighted by Gasteiger charge is -2.22. The number of rotatable bonds is 7. The summed E-state index contributed by atoms with van der Waals surface area (Å²) in [5.74, 6) is -1.36. The van der Waals surface area contributed by atoms with E-state index in [0.29, 0.717) is 0 Å². The Labute approximate surface area is 140 Å². The van der Waals surface area contributed by atoms with Gasteiger partial charge in [0.25, 0.3) is 0 Å². The molecule has 0 aliphatic heterocycles. The molecule has 1 aromatic rings. The third-order valence-corrected chi connectivity index (χ3v) is 3.16. The van der Waals surface area contributed by atoms with Gasteiger partial charge in [-0.2, -0.15) is 0 Å². The summed E-state index contributed by atoms with van der Waals surface area (Å²) in [5, 5.41) is 14.3. The molecule has 0 saturated heterocycles. The zero-order chi connectivity index (χ0) is 18.1. The molecule has 0 heterocycles. The molecular formula is C16H22N2O6. The van der Waals surface area contributed by atoms with Crippen LogP contribution in [-0.4, -0.2) is 48.4 Å². The Morgan fingerprint density at radius 3 is 2.29 bits per heavy atom. The lowest BCUT2D eigenvalue weighted by molar-refractivity contribution is -0.145. The zero-order valence-electron chi connectivity index (χ0n) is 13.8. The number of aliphatic hydroxyl groups excluding tert-OH is 1. The molecule has 132 valence electrons. The standard InChI is InChI=1S/C16H22N2O6/c1-10(15(21)23-3)17-14(20)13(11(2)19)18-16(22)24-9-12-7-5-4-6-8-12/h4-8,10-11,13,19H,9H2,1-3H3,(H,17,20)(H,18,22)/t10-,11-,13+/m0/s1. The minimum absolute atomic E-state index is 0.0272. The van der Waals surface area contributed by atoms with Crippen molar-refractivity contribution in [3.63, 3.8) is 0 Å². The maximum Gasteiger partial charge on any atom is 0.408 e. The van der Waals surface area contributed by atoms with Crippen LogP contribution in [0.25, 0.3) is 0 Å². The van der Waals surface area contributed by atoms with Gasteiger partial charge in [-0.3, -0.25) is 4.79 Å². The summed E-state index contributed by atoms with van der Waals surface area (Å²) >= 11 is 0. The molecule has 0 fully saturated rings. The van der Waals surface area contributed by atoms with Gasteiger partial charge in [0.1, 0.15) is 18.7 Å². The van der Waals surface area contributed by atoms with Gasteiger partial charge < -0.3 is 25.2 Å². The fourth-order valence-corrected chi connectivity index (χ4v) is 1.84. The number of benzene rings is 1. The van der Waals surface area contributed by atoms with Crippen LogP contribution in [0, 0.1) is 0 Å². The van der Waals surface area contributed by atoms with Crippen molar-refractivity contribution in [2.24, 2.45) is 0 Å². The molecule has 0 aliphatic carbocycles. The molecule has 0 bridgehead atoms. The van der Waals surface area contributed by atoms with Crippen LogP contribution in [0.5, 0.6) is 0 Å². The van der Waals surface area contributed by atoms with Crippen molar-refractivity contribution in [2.75, 3.05) is 7.11 Å². The second-order valence-electron chi connectivity index (χ2n) is 5.18. The fraction of sp³-hybridized carbons (Fsp3) is 0.438. The molecule has 8 nitrogen and oxygen atoms in total. The maximum atomic E-state index is 12.1. The highest BCUT2D eigenvalue weighted by Crippen LogP contribution is 2.02. The van der Waals surface area contributed by atoms with Gasteiger partial charge in [0.2, 0.25) is 5.91 Å². The number of carbonyl (C=O) groups excluding carboxylic acids is 3. The number of alkyl carbamates (subject to hydrolysis) is 1. The first-order valence-electron chi connectivity index (χ1n) is 7.38. The maximum absolute atomic E-state index is 12.1. The monoisotopic (exact) mass is 338 g/mol. The van der Waals surface area contributed by atoms with E-state index in [9.17, 15) is 19.5 Å². The largest absolute Gasteiger partial charge is 0.467 e. The predicted molar refractivity (Wildman–Crippen MR) is 84.9 cm³/mol. The molecule has 8 heteroatoms. The van der Waals surface area contributed by atoms with Crippen molar-refractivity contribution in [3.8, 4) is 0 Å². The third-order valence-electron chi connectivity index (χ3n) is 3.16. The van der Waals surface area contributed by atoms with Crippen molar-refractivity contribution in [3.05, 3.63) is 35.9 Å². The number of aliphatic hydroxyl groups is 1. The quantitative estimate of drug-likeness (QED) is 0.618.